The molecule has 0 amide bonds. The van der Waals surface area contributed by atoms with Gasteiger partial charge in [0.1, 0.15) is 12.6 Å². The molecule has 1 rings (SSSR count). The van der Waals surface area contributed by atoms with Gasteiger partial charge in [-0.3, -0.25) is 0 Å². The highest BCUT2D eigenvalue weighted by Gasteiger charge is 2.50. The minimum absolute atomic E-state index is 0.856. The monoisotopic (exact) mass is 226 g/mol. The summed E-state index contributed by atoms with van der Waals surface area (Å²) < 4.78 is 1.34. The van der Waals surface area contributed by atoms with Crippen LogP contribution in [0.3, 0.4) is 0 Å². The third-order valence-electron chi connectivity index (χ3n) is 5.13. The van der Waals surface area contributed by atoms with E-state index in [1.807, 2.05) is 0 Å². The van der Waals surface area contributed by atoms with Gasteiger partial charge < -0.3 is 4.48 Å². The topological polar surface area (TPSA) is 0 Å². The predicted octanol–water partition coefficient (Wildman–Crippen LogP) is 3.93. The van der Waals surface area contributed by atoms with Crippen molar-refractivity contribution in [3.05, 3.63) is 0 Å². The summed E-state index contributed by atoms with van der Waals surface area (Å²) in [6, 6.07) is 0.975. The Hall–Kier alpha value is -0.0400. The average Bonchev–Trinajstić information content (AvgIpc) is 2.89. The number of nitrogens with zero attached hydrogens (tertiary/aromatic N) is 1. The molecule has 4 atom stereocenters. The number of rotatable bonds is 7. The summed E-state index contributed by atoms with van der Waals surface area (Å²) >= 11 is 0. The highest BCUT2D eigenvalue weighted by Crippen LogP contribution is 2.38. The molecule has 0 aliphatic carbocycles. The van der Waals surface area contributed by atoms with Crippen LogP contribution in [0.15, 0.2) is 0 Å². The van der Waals surface area contributed by atoms with E-state index in [-0.39, 0.29) is 0 Å². The lowest BCUT2D eigenvalue weighted by Gasteiger charge is -2.28. The molecule has 1 saturated heterocycles. The maximum absolute atomic E-state index is 2.42. The van der Waals surface area contributed by atoms with Gasteiger partial charge in [0, 0.05) is 6.42 Å². The molecule has 16 heavy (non-hydrogen) atoms. The van der Waals surface area contributed by atoms with Gasteiger partial charge in [0.2, 0.25) is 0 Å². The van der Waals surface area contributed by atoms with Crippen molar-refractivity contribution in [1.29, 1.82) is 0 Å². The quantitative estimate of drug-likeness (QED) is 0.456. The Kier molecular flexibility index (Phi) is 4.85. The second kappa shape index (κ2) is 5.53. The first-order chi connectivity index (χ1) is 7.48. The standard InChI is InChI=1S/C15H32N/c1-7-13(15(8-2)12(4)5)10-14-11-16(14,6)9-3/h12-15H,7-11H2,1-6H3/q+1. The third-order valence-corrected chi connectivity index (χ3v) is 5.13. The van der Waals surface area contributed by atoms with E-state index in [1.165, 1.54) is 36.8 Å². The van der Waals surface area contributed by atoms with Crippen LogP contribution in [0.1, 0.15) is 53.9 Å². The smallest absolute Gasteiger partial charge is 0.139 e. The third kappa shape index (κ3) is 3.00. The van der Waals surface area contributed by atoms with Gasteiger partial charge in [-0.2, -0.15) is 0 Å². The molecule has 4 unspecified atom stereocenters. The zero-order valence-electron chi connectivity index (χ0n) is 12.3. The van der Waals surface area contributed by atoms with Gasteiger partial charge in [0.15, 0.2) is 0 Å². The minimum Gasteiger partial charge on any atom is -0.314 e. The highest BCUT2D eigenvalue weighted by atomic mass is 15.5. The van der Waals surface area contributed by atoms with Crippen LogP contribution in [0.25, 0.3) is 0 Å². The number of hydrogen-bond acceptors (Lipinski definition) is 0. The maximum atomic E-state index is 2.42. The van der Waals surface area contributed by atoms with Crippen molar-refractivity contribution in [3.63, 3.8) is 0 Å². The second-order valence-corrected chi connectivity index (χ2v) is 6.35. The van der Waals surface area contributed by atoms with Gasteiger partial charge in [0.25, 0.3) is 0 Å². The Morgan fingerprint density at radius 2 is 1.75 bits per heavy atom. The van der Waals surface area contributed by atoms with Crippen LogP contribution in [-0.2, 0) is 0 Å². The summed E-state index contributed by atoms with van der Waals surface area (Å²) in [7, 11) is 2.42. The van der Waals surface area contributed by atoms with Gasteiger partial charge in [-0.15, -0.1) is 0 Å². The van der Waals surface area contributed by atoms with Crippen molar-refractivity contribution in [3.8, 4) is 0 Å². The molecule has 0 saturated carbocycles. The van der Waals surface area contributed by atoms with E-state index < -0.39 is 0 Å². The summed E-state index contributed by atoms with van der Waals surface area (Å²) in [4.78, 5) is 0. The van der Waals surface area contributed by atoms with Gasteiger partial charge in [-0.1, -0.05) is 40.5 Å². The molecule has 0 bridgehead atoms. The van der Waals surface area contributed by atoms with E-state index in [1.54, 1.807) is 0 Å². The first kappa shape index (κ1) is 14.0. The molecule has 1 heterocycles. The average molecular weight is 226 g/mol. The Morgan fingerprint density at radius 1 is 1.12 bits per heavy atom. The van der Waals surface area contributed by atoms with Crippen LogP contribution < -0.4 is 0 Å². The van der Waals surface area contributed by atoms with Crippen LogP contribution >= 0.6 is 0 Å². The van der Waals surface area contributed by atoms with Gasteiger partial charge in [-0.25, -0.2) is 0 Å². The van der Waals surface area contributed by atoms with E-state index in [2.05, 4.69) is 41.7 Å². The van der Waals surface area contributed by atoms with E-state index in [0.717, 1.165) is 23.8 Å². The van der Waals surface area contributed by atoms with E-state index in [9.17, 15) is 0 Å². The van der Waals surface area contributed by atoms with E-state index >= 15 is 0 Å². The SMILES string of the molecule is CCC(CC1C[N+]1(C)CC)C(CC)C(C)C. The summed E-state index contributed by atoms with van der Waals surface area (Å²) in [5.41, 5.74) is 0. The summed E-state index contributed by atoms with van der Waals surface area (Å²) in [6.45, 7) is 14.6. The molecule has 0 aromatic carbocycles. The van der Waals surface area contributed by atoms with Crippen LogP contribution in [-0.4, -0.2) is 30.7 Å². The number of quaternary nitrogens is 1. The zero-order chi connectivity index (χ0) is 12.3. The largest absolute Gasteiger partial charge is 0.314 e. The lowest BCUT2D eigenvalue weighted by atomic mass is 9.77. The molecule has 0 aromatic rings. The Balaban J connectivity index is 2.49. The summed E-state index contributed by atoms with van der Waals surface area (Å²) in [5.74, 6) is 2.76. The van der Waals surface area contributed by atoms with E-state index in [4.69, 9.17) is 0 Å². The second-order valence-electron chi connectivity index (χ2n) is 6.35. The molecule has 0 radical (unpaired) electrons. The molecular weight excluding hydrogens is 194 g/mol. The molecule has 1 heteroatoms. The van der Waals surface area contributed by atoms with Crippen molar-refractivity contribution in [2.24, 2.45) is 17.8 Å². The molecule has 96 valence electrons. The fraction of sp³-hybridized carbons (Fsp3) is 1.00. The van der Waals surface area contributed by atoms with Crippen LogP contribution in [0, 0.1) is 17.8 Å². The molecule has 1 aliphatic rings. The van der Waals surface area contributed by atoms with Gasteiger partial charge in [0.05, 0.1) is 13.6 Å². The van der Waals surface area contributed by atoms with Crippen molar-refractivity contribution in [2.75, 3.05) is 20.1 Å². The fourth-order valence-corrected chi connectivity index (χ4v) is 3.49. The van der Waals surface area contributed by atoms with Crippen LogP contribution in [0.2, 0.25) is 0 Å². The molecule has 1 fully saturated rings. The van der Waals surface area contributed by atoms with Crippen LogP contribution in [0.5, 0.6) is 0 Å². The summed E-state index contributed by atoms with van der Waals surface area (Å²) in [6.07, 6.45) is 4.20. The predicted molar refractivity (Wildman–Crippen MR) is 72.4 cm³/mol. The first-order valence-electron chi connectivity index (χ1n) is 7.32. The maximum Gasteiger partial charge on any atom is 0.139 e. The Bertz CT molecular complexity index is 211. The van der Waals surface area contributed by atoms with Crippen LogP contribution in [0.4, 0.5) is 0 Å². The van der Waals surface area contributed by atoms with Crippen molar-refractivity contribution < 1.29 is 4.48 Å². The molecule has 0 spiro atoms. The lowest BCUT2D eigenvalue weighted by Crippen LogP contribution is -2.27. The molecule has 0 aromatic heterocycles. The molecular formula is C15H32N+. The van der Waals surface area contributed by atoms with E-state index in [0.29, 0.717) is 0 Å². The van der Waals surface area contributed by atoms with Crippen molar-refractivity contribution >= 4 is 0 Å². The molecule has 1 nitrogen and oxygen atoms in total. The lowest BCUT2D eigenvalue weighted by molar-refractivity contribution is -0.790. The van der Waals surface area contributed by atoms with Gasteiger partial charge >= 0.3 is 0 Å². The summed E-state index contributed by atoms with van der Waals surface area (Å²) in [5, 5.41) is 0. The number of hydrogen-bond donors (Lipinski definition) is 0. The van der Waals surface area contributed by atoms with Crippen molar-refractivity contribution in [2.45, 2.75) is 59.9 Å². The Labute approximate surface area is 103 Å². The zero-order valence-corrected chi connectivity index (χ0v) is 12.3. The fourth-order valence-electron chi connectivity index (χ4n) is 3.49. The molecule has 0 N–H and O–H groups in total. The normalized spacial score (nSPS) is 32.8. The minimum atomic E-state index is 0.856. The Morgan fingerprint density at radius 3 is 2.06 bits per heavy atom. The van der Waals surface area contributed by atoms with Gasteiger partial charge in [-0.05, 0) is 24.7 Å². The molecule has 1 aliphatic heterocycles. The van der Waals surface area contributed by atoms with Crippen molar-refractivity contribution in [1.82, 2.24) is 0 Å². The highest BCUT2D eigenvalue weighted by molar-refractivity contribution is 4.80. The first-order valence-corrected chi connectivity index (χ1v) is 7.32. The number of likely N-dealkylation sites (N-methyl/N-ethyl adjacent to an activating group) is 1.